The van der Waals surface area contributed by atoms with Gasteiger partial charge in [0.05, 0.1) is 19.8 Å². The first-order valence-corrected chi connectivity index (χ1v) is 8.19. The van der Waals surface area contributed by atoms with E-state index in [1.165, 1.54) is 0 Å². The largest absolute Gasteiger partial charge is 0.450 e. The summed E-state index contributed by atoms with van der Waals surface area (Å²) in [6.45, 7) is 4.57. The molecule has 1 aromatic rings. The molecule has 2 rings (SSSR count). The van der Waals surface area contributed by atoms with Gasteiger partial charge in [0, 0.05) is 26.2 Å². The van der Waals surface area contributed by atoms with Crippen LogP contribution in [0.3, 0.4) is 0 Å². The molecule has 2 amide bonds. The second kappa shape index (κ2) is 9.24. The lowest BCUT2D eigenvalue weighted by Gasteiger charge is -2.35. The second-order valence-corrected chi connectivity index (χ2v) is 5.62. The first-order chi connectivity index (χ1) is 11.6. The lowest BCUT2D eigenvalue weighted by Crippen LogP contribution is -2.55. The molecule has 0 saturated carbocycles. The average molecular weight is 335 g/mol. The molecule has 0 aliphatic carbocycles. The number of nitrogens with two attached hydrogens (primary N) is 1. The van der Waals surface area contributed by atoms with Crippen molar-refractivity contribution in [2.75, 3.05) is 39.4 Å². The quantitative estimate of drug-likeness (QED) is 0.832. The zero-order chi connectivity index (χ0) is 17.4. The van der Waals surface area contributed by atoms with Crippen LogP contribution in [0.1, 0.15) is 12.5 Å². The molecule has 1 aliphatic heterocycles. The van der Waals surface area contributed by atoms with Crippen LogP contribution in [0.5, 0.6) is 0 Å². The summed E-state index contributed by atoms with van der Waals surface area (Å²) < 4.78 is 10.5. The van der Waals surface area contributed by atoms with Gasteiger partial charge in [-0.2, -0.15) is 0 Å². The molecule has 0 bridgehead atoms. The Morgan fingerprint density at radius 2 is 1.75 bits per heavy atom. The summed E-state index contributed by atoms with van der Waals surface area (Å²) in [5.74, 6) is -0.147. The van der Waals surface area contributed by atoms with Gasteiger partial charge in [0.2, 0.25) is 5.91 Å². The van der Waals surface area contributed by atoms with Crippen molar-refractivity contribution in [3.63, 3.8) is 0 Å². The summed E-state index contributed by atoms with van der Waals surface area (Å²) in [5, 5.41) is 0. The van der Waals surface area contributed by atoms with Crippen molar-refractivity contribution in [1.82, 2.24) is 9.80 Å². The fourth-order valence-corrected chi connectivity index (χ4v) is 2.51. The van der Waals surface area contributed by atoms with E-state index in [4.69, 9.17) is 15.2 Å². The zero-order valence-corrected chi connectivity index (χ0v) is 14.0. The van der Waals surface area contributed by atoms with Gasteiger partial charge < -0.3 is 25.0 Å². The van der Waals surface area contributed by atoms with E-state index in [2.05, 4.69) is 0 Å². The topological polar surface area (TPSA) is 85.1 Å². The van der Waals surface area contributed by atoms with Gasteiger partial charge in [-0.15, -0.1) is 0 Å². The van der Waals surface area contributed by atoms with Gasteiger partial charge in [-0.1, -0.05) is 30.3 Å². The molecule has 132 valence electrons. The number of ether oxygens (including phenoxy) is 2. The van der Waals surface area contributed by atoms with Crippen molar-refractivity contribution >= 4 is 12.0 Å². The zero-order valence-electron chi connectivity index (χ0n) is 14.0. The Hall–Kier alpha value is -2.12. The molecular weight excluding hydrogens is 310 g/mol. The number of amides is 2. The molecule has 0 spiro atoms. The van der Waals surface area contributed by atoms with E-state index < -0.39 is 6.04 Å². The monoisotopic (exact) mass is 335 g/mol. The number of hydrogen-bond acceptors (Lipinski definition) is 5. The number of benzene rings is 1. The maximum absolute atomic E-state index is 12.3. The van der Waals surface area contributed by atoms with Gasteiger partial charge in [0.15, 0.2) is 0 Å². The van der Waals surface area contributed by atoms with Crippen LogP contribution in [0.2, 0.25) is 0 Å². The Bertz CT molecular complexity index is 530. The normalized spacial score (nSPS) is 15.9. The molecule has 1 atom stereocenters. The van der Waals surface area contributed by atoms with Gasteiger partial charge in [-0.25, -0.2) is 4.79 Å². The maximum atomic E-state index is 12.3. The molecule has 24 heavy (non-hydrogen) atoms. The van der Waals surface area contributed by atoms with E-state index in [1.54, 1.807) is 16.7 Å². The van der Waals surface area contributed by atoms with Gasteiger partial charge in [-0.05, 0) is 12.5 Å². The highest BCUT2D eigenvalue weighted by Gasteiger charge is 2.27. The third-order valence-electron chi connectivity index (χ3n) is 3.84. The SMILES string of the molecule is CCOC(=O)N1CCN(C(=O)[C@@H](N)COCc2ccccc2)CC1. The van der Waals surface area contributed by atoms with Crippen molar-refractivity contribution in [2.24, 2.45) is 5.73 Å². The third kappa shape index (κ3) is 5.21. The summed E-state index contributed by atoms with van der Waals surface area (Å²) in [5.41, 5.74) is 6.97. The van der Waals surface area contributed by atoms with Crippen LogP contribution in [0.4, 0.5) is 4.79 Å². The molecule has 2 N–H and O–H groups in total. The van der Waals surface area contributed by atoms with Crippen LogP contribution in [-0.4, -0.2) is 67.2 Å². The maximum Gasteiger partial charge on any atom is 0.409 e. The fourth-order valence-electron chi connectivity index (χ4n) is 2.51. The molecule has 0 unspecified atom stereocenters. The Morgan fingerprint density at radius 3 is 2.38 bits per heavy atom. The lowest BCUT2D eigenvalue weighted by molar-refractivity contribution is -0.135. The molecule has 1 aliphatic rings. The standard InChI is InChI=1S/C17H25N3O4/c1-2-24-17(22)20-10-8-19(9-11-20)16(21)15(18)13-23-12-14-6-4-3-5-7-14/h3-7,15H,2,8-13,18H2,1H3/t15-/m0/s1. The minimum absolute atomic E-state index is 0.147. The summed E-state index contributed by atoms with van der Waals surface area (Å²) >= 11 is 0. The van der Waals surface area contributed by atoms with Crippen LogP contribution >= 0.6 is 0 Å². The Balaban J connectivity index is 1.71. The van der Waals surface area contributed by atoms with Crippen LogP contribution in [0.25, 0.3) is 0 Å². The molecule has 7 heteroatoms. The van der Waals surface area contributed by atoms with Crippen LogP contribution in [0.15, 0.2) is 30.3 Å². The van der Waals surface area contributed by atoms with Crippen molar-refractivity contribution in [1.29, 1.82) is 0 Å². The molecule has 1 saturated heterocycles. The van der Waals surface area contributed by atoms with E-state index in [9.17, 15) is 9.59 Å². The molecule has 1 heterocycles. The fraction of sp³-hybridized carbons (Fsp3) is 0.529. The minimum atomic E-state index is -0.692. The molecule has 1 fully saturated rings. The lowest BCUT2D eigenvalue weighted by atomic mass is 10.2. The predicted octanol–water partition coefficient (Wildman–Crippen LogP) is 0.831. The molecular formula is C17H25N3O4. The van der Waals surface area contributed by atoms with E-state index in [1.807, 2.05) is 30.3 Å². The highest BCUT2D eigenvalue weighted by Crippen LogP contribution is 2.06. The van der Waals surface area contributed by atoms with Crippen molar-refractivity contribution in [3.05, 3.63) is 35.9 Å². The first kappa shape index (κ1) is 18.2. The number of carbonyl (C=O) groups is 2. The van der Waals surface area contributed by atoms with Crippen molar-refractivity contribution in [3.8, 4) is 0 Å². The van der Waals surface area contributed by atoms with Crippen LogP contribution in [0, 0.1) is 0 Å². The number of carbonyl (C=O) groups excluding carboxylic acids is 2. The van der Waals surface area contributed by atoms with Crippen molar-refractivity contribution < 1.29 is 19.1 Å². The Morgan fingerprint density at radius 1 is 1.12 bits per heavy atom. The summed E-state index contributed by atoms with van der Waals surface area (Å²) in [4.78, 5) is 27.2. The second-order valence-electron chi connectivity index (χ2n) is 5.62. The summed E-state index contributed by atoms with van der Waals surface area (Å²) in [7, 11) is 0. The molecule has 0 radical (unpaired) electrons. The van der Waals surface area contributed by atoms with Crippen molar-refractivity contribution in [2.45, 2.75) is 19.6 Å². The van der Waals surface area contributed by atoms with Gasteiger partial charge >= 0.3 is 6.09 Å². The Kier molecular flexibility index (Phi) is 7.02. The van der Waals surface area contributed by atoms with Crippen LogP contribution in [-0.2, 0) is 20.9 Å². The highest BCUT2D eigenvalue weighted by molar-refractivity contribution is 5.82. The minimum Gasteiger partial charge on any atom is -0.450 e. The number of rotatable bonds is 6. The predicted molar refractivity (Wildman–Crippen MR) is 89.2 cm³/mol. The highest BCUT2D eigenvalue weighted by atomic mass is 16.6. The van der Waals surface area contributed by atoms with E-state index >= 15 is 0 Å². The van der Waals surface area contributed by atoms with E-state index in [0.717, 1.165) is 5.56 Å². The number of piperazine rings is 1. The van der Waals surface area contributed by atoms with E-state index in [-0.39, 0.29) is 18.6 Å². The van der Waals surface area contributed by atoms with Gasteiger partial charge in [0.25, 0.3) is 0 Å². The average Bonchev–Trinajstić information content (AvgIpc) is 2.62. The Labute approximate surface area is 142 Å². The van der Waals surface area contributed by atoms with Crippen LogP contribution < -0.4 is 5.73 Å². The first-order valence-electron chi connectivity index (χ1n) is 8.19. The van der Waals surface area contributed by atoms with Gasteiger partial charge in [0.1, 0.15) is 6.04 Å². The molecule has 1 aromatic carbocycles. The summed E-state index contributed by atoms with van der Waals surface area (Å²) in [6, 6.07) is 9.04. The number of nitrogens with zero attached hydrogens (tertiary/aromatic N) is 2. The number of hydrogen-bond donors (Lipinski definition) is 1. The third-order valence-corrected chi connectivity index (χ3v) is 3.84. The molecule has 0 aromatic heterocycles. The summed E-state index contributed by atoms with van der Waals surface area (Å²) in [6.07, 6.45) is -0.333. The smallest absolute Gasteiger partial charge is 0.409 e. The molecule has 7 nitrogen and oxygen atoms in total. The van der Waals surface area contributed by atoms with Gasteiger partial charge in [-0.3, -0.25) is 4.79 Å². The van der Waals surface area contributed by atoms with E-state index in [0.29, 0.717) is 39.4 Å².